The van der Waals surface area contributed by atoms with Crippen LogP contribution in [0.3, 0.4) is 0 Å². The van der Waals surface area contributed by atoms with Crippen LogP contribution in [0.5, 0.6) is 0 Å². The highest BCUT2D eigenvalue weighted by atomic mass is 19.1. The summed E-state index contributed by atoms with van der Waals surface area (Å²) in [5, 5.41) is 22.2. The van der Waals surface area contributed by atoms with Gasteiger partial charge in [-0.3, -0.25) is 4.90 Å². The fourth-order valence-corrected chi connectivity index (χ4v) is 3.09. The maximum atomic E-state index is 13.8. The van der Waals surface area contributed by atoms with E-state index < -0.39 is 11.4 Å². The fourth-order valence-electron chi connectivity index (χ4n) is 3.09. The number of rotatable bonds is 5. The maximum Gasteiger partial charge on any atom is 0.241 e. The van der Waals surface area contributed by atoms with Gasteiger partial charge in [0.05, 0.1) is 30.5 Å². The Labute approximate surface area is 142 Å². The molecule has 4 rings (SSSR count). The first-order valence-corrected chi connectivity index (χ1v) is 7.98. The van der Waals surface area contributed by atoms with Crippen LogP contribution >= 0.6 is 0 Å². The zero-order valence-electron chi connectivity index (χ0n) is 13.4. The van der Waals surface area contributed by atoms with E-state index in [-0.39, 0.29) is 5.82 Å². The van der Waals surface area contributed by atoms with Crippen LogP contribution in [0.4, 0.5) is 4.39 Å². The van der Waals surface area contributed by atoms with Crippen molar-refractivity contribution >= 4 is 0 Å². The molecule has 0 aliphatic carbocycles. The Balaban J connectivity index is 1.41. The first kappa shape index (κ1) is 15.9. The minimum atomic E-state index is -0.873. The van der Waals surface area contributed by atoms with Crippen molar-refractivity contribution in [3.8, 4) is 11.4 Å². The highest BCUT2D eigenvalue weighted by Gasteiger charge is 2.37. The van der Waals surface area contributed by atoms with Gasteiger partial charge in [0.1, 0.15) is 5.82 Å². The predicted octanol–water partition coefficient (Wildman–Crippen LogP) is 1.10. The molecule has 0 saturated carbocycles. The average molecular weight is 344 g/mol. The topological polar surface area (TPSA) is 93.1 Å². The Kier molecular flexibility index (Phi) is 4.02. The van der Waals surface area contributed by atoms with Crippen molar-refractivity contribution in [1.82, 2.24) is 30.0 Å². The molecule has 0 amide bonds. The van der Waals surface area contributed by atoms with Gasteiger partial charge >= 0.3 is 0 Å². The van der Waals surface area contributed by atoms with Gasteiger partial charge in [-0.05, 0) is 18.6 Å². The van der Waals surface area contributed by atoms with E-state index in [1.54, 1.807) is 35.3 Å². The van der Waals surface area contributed by atoms with Gasteiger partial charge in [0, 0.05) is 19.3 Å². The molecule has 1 fully saturated rings. The number of aliphatic hydroxyl groups is 1. The van der Waals surface area contributed by atoms with E-state index in [0.717, 1.165) is 0 Å². The second kappa shape index (κ2) is 6.34. The second-order valence-corrected chi connectivity index (χ2v) is 6.28. The van der Waals surface area contributed by atoms with Gasteiger partial charge in [-0.15, -0.1) is 5.10 Å². The first-order valence-electron chi connectivity index (χ1n) is 7.98. The van der Waals surface area contributed by atoms with Crippen LogP contribution in [0.2, 0.25) is 0 Å². The lowest BCUT2D eigenvalue weighted by molar-refractivity contribution is 0.0265. The lowest BCUT2D eigenvalue weighted by Crippen LogP contribution is -2.37. The average Bonchev–Trinajstić information content (AvgIpc) is 3.31. The van der Waals surface area contributed by atoms with Gasteiger partial charge in [0.2, 0.25) is 11.7 Å². The summed E-state index contributed by atoms with van der Waals surface area (Å²) in [5.74, 6) is 0.228. The second-order valence-electron chi connectivity index (χ2n) is 6.28. The quantitative estimate of drug-likeness (QED) is 0.741. The van der Waals surface area contributed by atoms with Crippen LogP contribution in [-0.2, 0) is 13.1 Å². The third-order valence-electron chi connectivity index (χ3n) is 4.28. The zero-order valence-corrected chi connectivity index (χ0v) is 13.4. The molecule has 1 atom stereocenters. The van der Waals surface area contributed by atoms with E-state index in [9.17, 15) is 9.50 Å². The molecule has 1 unspecified atom stereocenters. The number of hydrogen-bond acceptors (Lipinski definition) is 7. The number of likely N-dealkylation sites (tertiary alicyclic amines) is 1. The molecule has 9 heteroatoms. The van der Waals surface area contributed by atoms with Crippen molar-refractivity contribution in [3.63, 3.8) is 0 Å². The van der Waals surface area contributed by atoms with E-state index in [1.807, 2.05) is 4.90 Å². The highest BCUT2D eigenvalue weighted by molar-refractivity contribution is 5.54. The number of nitrogens with zero attached hydrogens (tertiary/aromatic N) is 6. The molecule has 1 aliphatic rings. The molecule has 1 aliphatic heterocycles. The van der Waals surface area contributed by atoms with E-state index in [1.165, 1.54) is 6.07 Å². The summed E-state index contributed by atoms with van der Waals surface area (Å²) in [6.45, 7) is 1.95. The smallest absolute Gasteiger partial charge is 0.241 e. The predicted molar refractivity (Wildman–Crippen MR) is 84.6 cm³/mol. The minimum absolute atomic E-state index is 0.227. The molecule has 8 nitrogen and oxygen atoms in total. The van der Waals surface area contributed by atoms with Crippen molar-refractivity contribution in [2.45, 2.75) is 25.1 Å². The molecule has 0 bridgehead atoms. The SMILES string of the molecule is OC1(Cn2ccnn2)CCN(Cc2nc(-c3ccccc3F)no2)C1. The number of hydrogen-bond donors (Lipinski definition) is 1. The molecule has 1 N–H and O–H groups in total. The maximum absolute atomic E-state index is 13.8. The monoisotopic (exact) mass is 344 g/mol. The molecule has 1 aromatic carbocycles. The minimum Gasteiger partial charge on any atom is -0.387 e. The first-order chi connectivity index (χ1) is 12.1. The van der Waals surface area contributed by atoms with Crippen LogP contribution < -0.4 is 0 Å². The van der Waals surface area contributed by atoms with Crippen LogP contribution in [0.25, 0.3) is 11.4 Å². The third kappa shape index (κ3) is 3.42. The molecule has 1 saturated heterocycles. The molecular formula is C16H17FN6O2. The van der Waals surface area contributed by atoms with Crippen LogP contribution in [0.1, 0.15) is 12.3 Å². The lowest BCUT2D eigenvalue weighted by atomic mass is 10.0. The summed E-state index contributed by atoms with van der Waals surface area (Å²) >= 11 is 0. The number of β-amino-alcohol motifs (C(OH)–C–C–N with tert-alkyl or cyclic N) is 1. The van der Waals surface area contributed by atoms with Crippen LogP contribution in [0, 0.1) is 5.82 Å². The van der Waals surface area contributed by atoms with Gasteiger partial charge < -0.3 is 9.63 Å². The summed E-state index contributed by atoms with van der Waals surface area (Å²) in [6.07, 6.45) is 3.92. The molecule has 3 aromatic rings. The summed E-state index contributed by atoms with van der Waals surface area (Å²) in [5.41, 5.74) is -0.566. The summed E-state index contributed by atoms with van der Waals surface area (Å²) in [6, 6.07) is 6.30. The number of benzene rings is 1. The molecular weight excluding hydrogens is 327 g/mol. The van der Waals surface area contributed by atoms with Crippen molar-refractivity contribution in [2.75, 3.05) is 13.1 Å². The highest BCUT2D eigenvalue weighted by Crippen LogP contribution is 2.25. The van der Waals surface area contributed by atoms with Gasteiger partial charge in [-0.2, -0.15) is 4.98 Å². The number of halogens is 1. The van der Waals surface area contributed by atoms with Crippen molar-refractivity contribution in [3.05, 3.63) is 48.4 Å². The van der Waals surface area contributed by atoms with Crippen LogP contribution in [-0.4, -0.2) is 53.8 Å². The number of aromatic nitrogens is 5. The van der Waals surface area contributed by atoms with E-state index in [0.29, 0.717) is 44.1 Å². The van der Waals surface area contributed by atoms with Gasteiger partial charge in [0.15, 0.2) is 0 Å². The summed E-state index contributed by atoms with van der Waals surface area (Å²) in [4.78, 5) is 6.28. The van der Waals surface area contributed by atoms with Crippen molar-refractivity contribution in [2.24, 2.45) is 0 Å². The zero-order chi connectivity index (χ0) is 17.3. The molecule has 3 heterocycles. The summed E-state index contributed by atoms with van der Waals surface area (Å²) < 4.78 is 20.6. The van der Waals surface area contributed by atoms with Crippen molar-refractivity contribution < 1.29 is 14.0 Å². The normalized spacial score (nSPS) is 21.0. The Bertz CT molecular complexity index is 852. The van der Waals surface area contributed by atoms with E-state index in [2.05, 4.69) is 20.5 Å². The lowest BCUT2D eigenvalue weighted by Gasteiger charge is -2.22. The molecule has 0 spiro atoms. The van der Waals surface area contributed by atoms with E-state index >= 15 is 0 Å². The molecule has 2 aromatic heterocycles. The largest absolute Gasteiger partial charge is 0.387 e. The van der Waals surface area contributed by atoms with Gasteiger partial charge in [-0.1, -0.05) is 22.5 Å². The Hall–Kier alpha value is -2.65. The summed E-state index contributed by atoms with van der Waals surface area (Å²) in [7, 11) is 0. The van der Waals surface area contributed by atoms with Crippen molar-refractivity contribution in [1.29, 1.82) is 0 Å². The Morgan fingerprint density at radius 1 is 1.32 bits per heavy atom. The van der Waals surface area contributed by atoms with Gasteiger partial charge in [0.25, 0.3) is 0 Å². The molecule has 0 radical (unpaired) electrons. The molecule has 130 valence electrons. The third-order valence-corrected chi connectivity index (χ3v) is 4.28. The molecule has 25 heavy (non-hydrogen) atoms. The standard InChI is InChI=1S/C16H17FN6O2/c17-13-4-2-1-3-12(13)15-19-14(25-20-15)9-22-7-5-16(24,10-22)11-23-8-6-18-21-23/h1-4,6,8,24H,5,7,9-11H2. The Morgan fingerprint density at radius 2 is 2.20 bits per heavy atom. The Morgan fingerprint density at radius 3 is 3.00 bits per heavy atom. The van der Waals surface area contributed by atoms with Crippen LogP contribution in [0.15, 0.2) is 41.2 Å². The van der Waals surface area contributed by atoms with E-state index in [4.69, 9.17) is 4.52 Å². The van der Waals surface area contributed by atoms with Gasteiger partial charge in [-0.25, -0.2) is 9.07 Å². The fraction of sp³-hybridized carbons (Fsp3) is 0.375.